The Morgan fingerprint density at radius 2 is 1.84 bits per heavy atom. The monoisotopic (exact) mass is 428 g/mol. The van der Waals surface area contributed by atoms with Crippen molar-refractivity contribution in [3.63, 3.8) is 0 Å². The van der Waals surface area contributed by atoms with E-state index >= 15 is 0 Å². The van der Waals surface area contributed by atoms with E-state index < -0.39 is 0 Å². The van der Waals surface area contributed by atoms with E-state index in [4.69, 9.17) is 9.52 Å². The fourth-order valence-electron chi connectivity index (χ4n) is 3.10. The molecular formula is C23H36N6O2. The molecule has 0 aliphatic heterocycles. The molecule has 0 saturated carbocycles. The molecule has 31 heavy (non-hydrogen) atoms. The topological polar surface area (TPSA) is 86.0 Å². The summed E-state index contributed by atoms with van der Waals surface area (Å²) in [5.74, 6) is 1.48. The third-order valence-electron chi connectivity index (χ3n) is 5.07. The second kappa shape index (κ2) is 12.6. The van der Waals surface area contributed by atoms with Gasteiger partial charge in [-0.25, -0.2) is 4.99 Å². The number of aryl methyl sites for hydroxylation is 2. The maximum Gasteiger partial charge on any atom is 0.241 e. The predicted molar refractivity (Wildman–Crippen MR) is 125 cm³/mol. The van der Waals surface area contributed by atoms with Crippen LogP contribution in [0, 0.1) is 0 Å². The first kappa shape index (κ1) is 24.2. The van der Waals surface area contributed by atoms with Crippen molar-refractivity contribution in [1.82, 2.24) is 20.7 Å². The fraction of sp³-hybridized carbons (Fsp3) is 0.522. The lowest BCUT2D eigenvalue weighted by atomic mass is 10.1. The number of anilines is 1. The molecule has 170 valence electrons. The maximum atomic E-state index is 12.0. The van der Waals surface area contributed by atoms with Crippen LogP contribution in [-0.4, -0.2) is 62.7 Å². The molecule has 8 heteroatoms. The maximum absolute atomic E-state index is 12.0. The van der Waals surface area contributed by atoms with Gasteiger partial charge < -0.3 is 25.0 Å². The van der Waals surface area contributed by atoms with Crippen molar-refractivity contribution < 1.29 is 9.32 Å². The number of aliphatic imine (C=N–C) groups is 1. The number of benzene rings is 1. The first-order valence-corrected chi connectivity index (χ1v) is 10.9. The molecule has 2 aromatic rings. The summed E-state index contributed by atoms with van der Waals surface area (Å²) in [4.78, 5) is 20.5. The summed E-state index contributed by atoms with van der Waals surface area (Å²) < 4.78 is 5.44. The van der Waals surface area contributed by atoms with Gasteiger partial charge in [-0.15, -0.1) is 0 Å². The molecule has 2 rings (SSSR count). The summed E-state index contributed by atoms with van der Waals surface area (Å²) in [6.45, 7) is 6.40. The summed E-state index contributed by atoms with van der Waals surface area (Å²) in [5.41, 5.74) is 3.17. The van der Waals surface area contributed by atoms with Crippen LogP contribution < -0.4 is 15.5 Å². The number of nitrogens with zero attached hydrogens (tertiary/aromatic N) is 4. The molecule has 0 fully saturated rings. The Morgan fingerprint density at radius 1 is 1.10 bits per heavy atom. The zero-order valence-corrected chi connectivity index (χ0v) is 19.4. The summed E-state index contributed by atoms with van der Waals surface area (Å²) in [6.07, 6.45) is 2.51. The molecule has 0 spiro atoms. The number of aromatic nitrogens is 1. The van der Waals surface area contributed by atoms with Gasteiger partial charge in [0.1, 0.15) is 5.76 Å². The van der Waals surface area contributed by atoms with Gasteiger partial charge in [0.2, 0.25) is 5.91 Å². The van der Waals surface area contributed by atoms with Gasteiger partial charge in [0.15, 0.2) is 5.96 Å². The Labute approximate surface area is 185 Å². The van der Waals surface area contributed by atoms with E-state index in [0.717, 1.165) is 49.4 Å². The number of hydrogen-bond acceptors (Lipinski definition) is 5. The molecule has 8 nitrogen and oxygen atoms in total. The van der Waals surface area contributed by atoms with E-state index in [2.05, 4.69) is 46.8 Å². The molecule has 2 N–H and O–H groups in total. The van der Waals surface area contributed by atoms with Crippen LogP contribution in [-0.2, 0) is 24.2 Å². The highest BCUT2D eigenvalue weighted by molar-refractivity contribution is 5.86. The second-order valence-corrected chi connectivity index (χ2v) is 7.58. The molecule has 0 radical (unpaired) electrons. The quantitative estimate of drug-likeness (QED) is 0.325. The fourth-order valence-corrected chi connectivity index (χ4v) is 3.10. The number of nitrogens with one attached hydrogen (secondary N) is 2. The lowest BCUT2D eigenvalue weighted by Gasteiger charge is -2.20. The van der Waals surface area contributed by atoms with Gasteiger partial charge in [0.05, 0.1) is 18.8 Å². The number of likely N-dealkylation sites (N-methyl/N-ethyl adjacent to an activating group) is 1. The smallest absolute Gasteiger partial charge is 0.241 e. The Kier molecular flexibility index (Phi) is 9.87. The number of guanidine groups is 1. The van der Waals surface area contributed by atoms with Crippen LogP contribution in [0.3, 0.4) is 0 Å². The zero-order chi connectivity index (χ0) is 22.6. The second-order valence-electron chi connectivity index (χ2n) is 7.58. The van der Waals surface area contributed by atoms with Crippen LogP contribution in [0.1, 0.15) is 37.3 Å². The molecule has 1 heterocycles. The van der Waals surface area contributed by atoms with E-state index in [9.17, 15) is 4.79 Å². The SMILES string of the molecule is CCc1noc(CC)c1CN=C(NCCCN(C)c1ccccc1)NCC(=O)N(C)C. The zero-order valence-electron chi connectivity index (χ0n) is 19.4. The molecule has 1 aromatic carbocycles. The van der Waals surface area contributed by atoms with E-state index in [1.54, 1.807) is 19.0 Å². The number of carbonyl (C=O) groups excluding carboxylic acids is 1. The molecular weight excluding hydrogens is 392 g/mol. The highest BCUT2D eigenvalue weighted by Gasteiger charge is 2.13. The lowest BCUT2D eigenvalue weighted by molar-refractivity contribution is -0.127. The summed E-state index contributed by atoms with van der Waals surface area (Å²) in [5, 5.41) is 10.6. The minimum atomic E-state index is -0.00761. The molecule has 0 atom stereocenters. The molecule has 0 aliphatic carbocycles. The van der Waals surface area contributed by atoms with Crippen molar-refractivity contribution >= 4 is 17.6 Å². The third kappa shape index (κ3) is 7.62. The summed E-state index contributed by atoms with van der Waals surface area (Å²) in [6, 6.07) is 10.3. The Bertz CT molecular complexity index is 810. The van der Waals surface area contributed by atoms with Crippen molar-refractivity contribution in [1.29, 1.82) is 0 Å². The van der Waals surface area contributed by atoms with Crippen LogP contribution in [0.15, 0.2) is 39.8 Å². The van der Waals surface area contributed by atoms with Gasteiger partial charge in [-0.1, -0.05) is 37.2 Å². The summed E-state index contributed by atoms with van der Waals surface area (Å²) in [7, 11) is 5.57. The van der Waals surface area contributed by atoms with Gasteiger partial charge >= 0.3 is 0 Å². The molecule has 0 unspecified atom stereocenters. The molecule has 0 aliphatic rings. The van der Waals surface area contributed by atoms with Crippen molar-refractivity contribution in [2.45, 2.75) is 39.7 Å². The number of hydrogen-bond donors (Lipinski definition) is 2. The lowest BCUT2D eigenvalue weighted by Crippen LogP contribution is -2.43. The van der Waals surface area contributed by atoms with Crippen LogP contribution in [0.2, 0.25) is 0 Å². The van der Waals surface area contributed by atoms with E-state index in [1.807, 2.05) is 25.1 Å². The average Bonchev–Trinajstić information content (AvgIpc) is 3.19. The van der Waals surface area contributed by atoms with Crippen molar-refractivity contribution in [2.75, 3.05) is 45.7 Å². The Hall–Kier alpha value is -3.03. The highest BCUT2D eigenvalue weighted by Crippen LogP contribution is 2.16. The minimum Gasteiger partial charge on any atom is -0.375 e. The van der Waals surface area contributed by atoms with Gasteiger partial charge in [0, 0.05) is 51.9 Å². The first-order chi connectivity index (χ1) is 15.0. The van der Waals surface area contributed by atoms with Gasteiger partial charge in [-0.05, 0) is 25.0 Å². The van der Waals surface area contributed by atoms with Crippen molar-refractivity contribution in [2.24, 2.45) is 4.99 Å². The van der Waals surface area contributed by atoms with Gasteiger partial charge in [-0.3, -0.25) is 4.79 Å². The number of para-hydroxylation sites is 1. The van der Waals surface area contributed by atoms with E-state index in [1.165, 1.54) is 5.69 Å². The minimum absolute atomic E-state index is 0.00761. The van der Waals surface area contributed by atoms with Gasteiger partial charge in [0.25, 0.3) is 0 Å². The van der Waals surface area contributed by atoms with Crippen LogP contribution >= 0.6 is 0 Å². The highest BCUT2D eigenvalue weighted by atomic mass is 16.5. The Morgan fingerprint density at radius 3 is 2.48 bits per heavy atom. The average molecular weight is 429 g/mol. The van der Waals surface area contributed by atoms with E-state index in [-0.39, 0.29) is 12.5 Å². The normalized spacial score (nSPS) is 11.3. The third-order valence-corrected chi connectivity index (χ3v) is 5.07. The van der Waals surface area contributed by atoms with Crippen LogP contribution in [0.5, 0.6) is 0 Å². The van der Waals surface area contributed by atoms with Gasteiger partial charge in [-0.2, -0.15) is 0 Å². The van der Waals surface area contributed by atoms with Crippen LogP contribution in [0.25, 0.3) is 0 Å². The first-order valence-electron chi connectivity index (χ1n) is 10.9. The molecule has 0 saturated heterocycles. The molecule has 0 bridgehead atoms. The Balaban J connectivity index is 1.97. The standard InChI is InChI=1S/C23H36N6O2/c1-6-20-19(21(7-2)31-27-20)16-25-23(26-17-22(30)28(3)4)24-14-11-15-29(5)18-12-9-8-10-13-18/h8-10,12-13H,6-7,11,14-17H2,1-5H3,(H2,24,25,26). The summed E-state index contributed by atoms with van der Waals surface area (Å²) >= 11 is 0. The molecule has 1 aromatic heterocycles. The van der Waals surface area contributed by atoms with Crippen molar-refractivity contribution in [3.8, 4) is 0 Å². The predicted octanol–water partition coefficient (Wildman–Crippen LogP) is 2.45. The van der Waals surface area contributed by atoms with Crippen molar-refractivity contribution in [3.05, 3.63) is 47.3 Å². The van der Waals surface area contributed by atoms with Crippen LogP contribution in [0.4, 0.5) is 5.69 Å². The molecule has 1 amide bonds. The number of rotatable bonds is 11. The number of amides is 1. The number of carbonyl (C=O) groups is 1. The largest absolute Gasteiger partial charge is 0.375 e. The van der Waals surface area contributed by atoms with E-state index in [0.29, 0.717) is 12.5 Å².